The van der Waals surface area contributed by atoms with Crippen LogP contribution in [0.1, 0.15) is 53.5 Å². The third kappa shape index (κ3) is 7.54. The van der Waals surface area contributed by atoms with E-state index in [0.29, 0.717) is 25.4 Å². The Morgan fingerprint density at radius 1 is 1.22 bits per heavy atom. The Morgan fingerprint density at radius 3 is 2.47 bits per heavy atom. The number of ether oxygens (including phenoxy) is 3. The number of carbonyl (C=O) groups is 1. The van der Waals surface area contributed by atoms with Crippen molar-refractivity contribution in [2.24, 2.45) is 5.92 Å². The summed E-state index contributed by atoms with van der Waals surface area (Å²) in [5.74, 6) is -0.197. The summed E-state index contributed by atoms with van der Waals surface area (Å²) in [5, 5.41) is 0.137. The van der Waals surface area contributed by atoms with Crippen molar-refractivity contribution in [3.05, 3.63) is 47.5 Å². The quantitative estimate of drug-likeness (QED) is 0.260. The molecule has 0 N–H and O–H groups in total. The molecule has 0 amide bonds. The SMILES string of the molecule is CCOC(=O)/C(C)=C\[C@H]1O[C@@H](CO[Si](C)(C)C(C)(C)C)C[C@H](OCc2ccccc2)[C@H]1C. The highest BCUT2D eigenvalue weighted by Gasteiger charge is 2.40. The predicted octanol–water partition coefficient (Wildman–Crippen LogP) is 5.90. The summed E-state index contributed by atoms with van der Waals surface area (Å²) in [7, 11) is -1.89. The summed E-state index contributed by atoms with van der Waals surface area (Å²) < 4.78 is 24.4. The molecule has 2 rings (SSSR count). The molecule has 4 atom stereocenters. The maximum atomic E-state index is 12.2. The summed E-state index contributed by atoms with van der Waals surface area (Å²) >= 11 is 0. The lowest BCUT2D eigenvalue weighted by Gasteiger charge is -2.42. The molecule has 1 aliphatic rings. The summed E-state index contributed by atoms with van der Waals surface area (Å²) in [6.07, 6.45) is 2.35. The molecule has 0 aliphatic carbocycles. The highest BCUT2D eigenvalue weighted by Crippen LogP contribution is 2.37. The van der Waals surface area contributed by atoms with Crippen molar-refractivity contribution in [2.75, 3.05) is 13.2 Å². The van der Waals surface area contributed by atoms with Gasteiger partial charge >= 0.3 is 5.97 Å². The van der Waals surface area contributed by atoms with E-state index in [-0.39, 0.29) is 35.2 Å². The van der Waals surface area contributed by atoms with E-state index in [1.807, 2.05) is 31.2 Å². The van der Waals surface area contributed by atoms with Crippen LogP contribution < -0.4 is 0 Å². The van der Waals surface area contributed by atoms with Gasteiger partial charge in [-0.2, -0.15) is 0 Å². The van der Waals surface area contributed by atoms with Crippen molar-refractivity contribution in [3.8, 4) is 0 Å². The van der Waals surface area contributed by atoms with Gasteiger partial charge in [-0.05, 0) is 43.6 Å². The van der Waals surface area contributed by atoms with Crippen LogP contribution in [0.5, 0.6) is 0 Å². The monoisotopic (exact) mass is 462 g/mol. The molecule has 180 valence electrons. The van der Waals surface area contributed by atoms with Crippen LogP contribution in [0.4, 0.5) is 0 Å². The predicted molar refractivity (Wildman–Crippen MR) is 131 cm³/mol. The Balaban J connectivity index is 2.15. The standard InChI is InChI=1S/C26H42O5Si/c1-9-28-25(27)19(2)15-24-20(3)23(29-17-21-13-11-10-12-14-21)16-22(31-24)18-30-32(7,8)26(4,5)6/h10-15,20,22-24H,9,16-18H2,1-8H3/b19-15-/t20-,22-,23+,24-/m1/s1. The van der Waals surface area contributed by atoms with Crippen molar-refractivity contribution >= 4 is 14.3 Å². The van der Waals surface area contributed by atoms with E-state index in [4.69, 9.17) is 18.6 Å². The van der Waals surface area contributed by atoms with Crippen molar-refractivity contribution in [1.82, 2.24) is 0 Å². The zero-order valence-electron chi connectivity index (χ0n) is 21.1. The highest BCUT2D eigenvalue weighted by molar-refractivity contribution is 6.74. The topological polar surface area (TPSA) is 54.0 Å². The Morgan fingerprint density at radius 2 is 1.88 bits per heavy atom. The van der Waals surface area contributed by atoms with Gasteiger partial charge in [0.25, 0.3) is 0 Å². The highest BCUT2D eigenvalue weighted by atomic mass is 28.4. The molecule has 0 saturated carbocycles. The van der Waals surface area contributed by atoms with E-state index in [2.05, 4.69) is 52.9 Å². The Hall–Kier alpha value is -1.47. The molecule has 1 fully saturated rings. The summed E-state index contributed by atoms with van der Waals surface area (Å²) in [4.78, 5) is 12.2. The van der Waals surface area contributed by atoms with Gasteiger partial charge in [0.05, 0.1) is 38.1 Å². The van der Waals surface area contributed by atoms with Gasteiger partial charge in [-0.3, -0.25) is 0 Å². The average Bonchev–Trinajstić information content (AvgIpc) is 2.73. The largest absolute Gasteiger partial charge is 0.463 e. The number of esters is 1. The van der Waals surface area contributed by atoms with E-state index in [1.165, 1.54) is 0 Å². The first-order chi connectivity index (χ1) is 14.9. The zero-order valence-corrected chi connectivity index (χ0v) is 22.1. The molecule has 1 heterocycles. The van der Waals surface area contributed by atoms with Crippen molar-refractivity contribution in [2.45, 2.75) is 91.0 Å². The second-order valence-corrected chi connectivity index (χ2v) is 15.1. The normalized spacial score (nSPS) is 24.9. The van der Waals surface area contributed by atoms with E-state index in [0.717, 1.165) is 12.0 Å². The van der Waals surface area contributed by atoms with Crippen LogP contribution in [-0.4, -0.2) is 45.8 Å². The fourth-order valence-electron chi connectivity index (χ4n) is 3.46. The van der Waals surface area contributed by atoms with Crippen LogP contribution in [0, 0.1) is 5.92 Å². The molecule has 32 heavy (non-hydrogen) atoms. The maximum absolute atomic E-state index is 12.2. The number of hydrogen-bond donors (Lipinski definition) is 0. The molecule has 5 nitrogen and oxygen atoms in total. The van der Waals surface area contributed by atoms with Gasteiger partial charge in [0.15, 0.2) is 8.32 Å². The van der Waals surface area contributed by atoms with E-state index < -0.39 is 8.32 Å². The summed E-state index contributed by atoms with van der Waals surface area (Å²) in [6, 6.07) is 10.2. The molecule has 0 radical (unpaired) electrons. The zero-order chi connectivity index (χ0) is 23.9. The number of rotatable bonds is 9. The van der Waals surface area contributed by atoms with Crippen LogP contribution in [0.3, 0.4) is 0 Å². The first-order valence-electron chi connectivity index (χ1n) is 11.7. The van der Waals surface area contributed by atoms with Gasteiger partial charge in [-0.15, -0.1) is 0 Å². The Bertz CT molecular complexity index is 753. The van der Waals surface area contributed by atoms with Crippen LogP contribution in [-0.2, 0) is 30.0 Å². The van der Waals surface area contributed by atoms with Gasteiger partial charge in [-0.25, -0.2) is 4.79 Å². The minimum atomic E-state index is -1.89. The fourth-order valence-corrected chi connectivity index (χ4v) is 4.50. The molecule has 1 saturated heterocycles. The van der Waals surface area contributed by atoms with E-state index in [9.17, 15) is 4.79 Å². The maximum Gasteiger partial charge on any atom is 0.333 e. The lowest BCUT2D eigenvalue weighted by atomic mass is 9.89. The van der Waals surface area contributed by atoms with Gasteiger partial charge in [0.2, 0.25) is 0 Å². The lowest BCUT2D eigenvalue weighted by Crippen LogP contribution is -2.48. The first kappa shape index (κ1) is 26.8. The molecule has 0 bridgehead atoms. The van der Waals surface area contributed by atoms with Crippen molar-refractivity contribution in [1.29, 1.82) is 0 Å². The van der Waals surface area contributed by atoms with Gasteiger partial charge in [0.1, 0.15) is 0 Å². The second-order valence-electron chi connectivity index (χ2n) is 10.3. The third-order valence-electron chi connectivity index (χ3n) is 6.70. The Kier molecular flexibility index (Phi) is 9.70. The summed E-state index contributed by atoms with van der Waals surface area (Å²) in [6.45, 7) is 18.4. The third-order valence-corrected chi connectivity index (χ3v) is 11.2. The number of carbonyl (C=O) groups excluding carboxylic acids is 1. The van der Waals surface area contributed by atoms with Gasteiger partial charge in [-0.1, -0.05) is 58.0 Å². The molecular weight excluding hydrogens is 420 g/mol. The van der Waals surface area contributed by atoms with Crippen LogP contribution >= 0.6 is 0 Å². The van der Waals surface area contributed by atoms with Crippen molar-refractivity contribution < 1.29 is 23.4 Å². The smallest absolute Gasteiger partial charge is 0.333 e. The second kappa shape index (κ2) is 11.6. The number of benzene rings is 1. The molecule has 0 unspecified atom stereocenters. The van der Waals surface area contributed by atoms with Crippen LogP contribution in [0.15, 0.2) is 42.0 Å². The molecule has 6 heteroatoms. The Labute approximate surface area is 195 Å². The average molecular weight is 463 g/mol. The minimum Gasteiger partial charge on any atom is -0.463 e. The van der Waals surface area contributed by atoms with Crippen LogP contribution in [0.25, 0.3) is 0 Å². The van der Waals surface area contributed by atoms with Crippen molar-refractivity contribution in [3.63, 3.8) is 0 Å². The molecule has 1 aromatic rings. The van der Waals surface area contributed by atoms with Gasteiger partial charge in [0, 0.05) is 17.9 Å². The molecular formula is C26H42O5Si. The number of hydrogen-bond acceptors (Lipinski definition) is 5. The molecule has 0 aromatic heterocycles. The van der Waals surface area contributed by atoms with Gasteiger partial charge < -0.3 is 18.6 Å². The lowest BCUT2D eigenvalue weighted by molar-refractivity contribution is -0.147. The van der Waals surface area contributed by atoms with Crippen LogP contribution in [0.2, 0.25) is 18.1 Å². The summed E-state index contributed by atoms with van der Waals surface area (Å²) in [5.41, 5.74) is 1.71. The minimum absolute atomic E-state index is 0.00761. The first-order valence-corrected chi connectivity index (χ1v) is 14.7. The van der Waals surface area contributed by atoms with E-state index >= 15 is 0 Å². The molecule has 1 aromatic carbocycles. The molecule has 0 spiro atoms. The molecule has 1 aliphatic heterocycles. The fraction of sp³-hybridized carbons (Fsp3) is 0.654. The van der Waals surface area contributed by atoms with E-state index in [1.54, 1.807) is 6.92 Å².